The van der Waals surface area contributed by atoms with E-state index in [-0.39, 0.29) is 22.5 Å². The van der Waals surface area contributed by atoms with Gasteiger partial charge in [0.1, 0.15) is 0 Å². The first-order valence-corrected chi connectivity index (χ1v) is 16.7. The van der Waals surface area contributed by atoms with Crippen LogP contribution in [0, 0.1) is 0 Å². The zero-order valence-corrected chi connectivity index (χ0v) is 26.1. The molecule has 0 amide bonds. The van der Waals surface area contributed by atoms with Gasteiger partial charge in [-0.15, -0.1) is 37.7 Å². The number of nitrogens with zero attached hydrogens (tertiary/aromatic N) is 2. The molecule has 2 unspecified atom stereocenters. The summed E-state index contributed by atoms with van der Waals surface area (Å²) in [7, 11) is 4.95. The summed E-state index contributed by atoms with van der Waals surface area (Å²) in [5.41, 5.74) is 6.00. The van der Waals surface area contributed by atoms with Gasteiger partial charge >= 0.3 is 0 Å². The topological polar surface area (TPSA) is 25.8 Å². The van der Waals surface area contributed by atoms with Crippen molar-refractivity contribution in [3.05, 3.63) is 113 Å². The zero-order valence-electron chi connectivity index (χ0n) is 21.7. The molecular weight excluding hydrogens is 522 g/mol. The average molecular weight is 561 g/mol. The van der Waals surface area contributed by atoms with Crippen LogP contribution in [0.2, 0.25) is 19.6 Å². The molecule has 0 bridgehead atoms. The molecule has 0 saturated carbocycles. The summed E-state index contributed by atoms with van der Waals surface area (Å²) < 4.78 is 0. The van der Waals surface area contributed by atoms with Gasteiger partial charge in [-0.2, -0.15) is 11.6 Å². The molecule has 6 heteroatoms. The fourth-order valence-corrected chi connectivity index (χ4v) is 6.45. The third kappa shape index (κ3) is 6.88. The summed E-state index contributed by atoms with van der Waals surface area (Å²) in [5, 5.41) is 1.09. The summed E-state index contributed by atoms with van der Waals surface area (Å²) in [6.45, 7) is 13.9. The average Bonchev–Trinajstić information content (AvgIpc) is 3.50. The van der Waals surface area contributed by atoms with Crippen LogP contribution < -0.4 is 5.19 Å². The van der Waals surface area contributed by atoms with Crippen molar-refractivity contribution >= 4 is 31.7 Å². The monoisotopic (exact) mass is 560 g/mol. The molecule has 0 radical (unpaired) electrons. The Kier molecular flexibility index (Phi) is 10.4. The van der Waals surface area contributed by atoms with E-state index in [0.29, 0.717) is 0 Å². The molecule has 0 N–H and O–H groups in total. The number of aromatic nitrogens is 2. The Morgan fingerprint density at radius 3 is 1.74 bits per heavy atom. The number of hydrogen-bond donors (Lipinski definition) is 0. The van der Waals surface area contributed by atoms with Crippen molar-refractivity contribution in [2.75, 3.05) is 0 Å². The van der Waals surface area contributed by atoms with Crippen LogP contribution in [0.25, 0.3) is 0 Å². The predicted molar refractivity (Wildman–Crippen MR) is 157 cm³/mol. The molecule has 2 atom stereocenters. The quantitative estimate of drug-likeness (QED) is 0.150. The van der Waals surface area contributed by atoms with Crippen LogP contribution in [0.4, 0.5) is 0 Å². The van der Waals surface area contributed by atoms with Crippen molar-refractivity contribution in [2.24, 2.45) is 0 Å². The number of hydrogen-bond acceptors (Lipinski definition) is 2. The standard InChI is InChI=1S/C21H25N2P2.C8H13Si.Fe/c1-20(2,3)16-11-10-15(14-24)19(16)21(25,17-8-4-6-12-22-17)18-9-5-7-13-23-18;1-9(2,3)8-6-4-5-7-8;/h4-13H,14,24-25H2,1-3H3;4-7H,1-3H3;/q-1;-5;. The summed E-state index contributed by atoms with van der Waals surface area (Å²) in [6.07, 6.45) is 4.62. The minimum Gasteiger partial charge on any atom is -0.748 e. The summed E-state index contributed by atoms with van der Waals surface area (Å²) in [6, 6.07) is 25.4. The van der Waals surface area contributed by atoms with Crippen molar-refractivity contribution in [3.63, 3.8) is 0 Å². The van der Waals surface area contributed by atoms with Crippen molar-refractivity contribution < 1.29 is 17.1 Å². The Hall–Kier alpha value is -1.40. The molecule has 192 valence electrons. The predicted octanol–water partition coefficient (Wildman–Crippen LogP) is 6.98. The van der Waals surface area contributed by atoms with E-state index in [9.17, 15) is 0 Å². The van der Waals surface area contributed by atoms with E-state index in [1.165, 1.54) is 16.7 Å². The van der Waals surface area contributed by atoms with Crippen molar-refractivity contribution in [2.45, 2.75) is 57.1 Å². The Bertz CT molecular complexity index is 1120. The molecule has 0 aliphatic rings. The van der Waals surface area contributed by atoms with E-state index >= 15 is 0 Å². The van der Waals surface area contributed by atoms with E-state index < -0.39 is 13.2 Å². The summed E-state index contributed by atoms with van der Waals surface area (Å²) in [4.78, 5) is 9.43. The van der Waals surface area contributed by atoms with Crippen LogP contribution in [0.5, 0.6) is 0 Å². The molecule has 2 aromatic heterocycles. The molecule has 0 saturated heterocycles. The molecular formula is C29H38FeN2P2Si-6. The number of pyridine rings is 2. The van der Waals surface area contributed by atoms with Crippen molar-refractivity contribution in [1.29, 1.82) is 0 Å². The molecule has 2 nitrogen and oxygen atoms in total. The Balaban J connectivity index is 0.000000366. The van der Waals surface area contributed by atoms with Gasteiger partial charge < -0.3 is 29.5 Å². The van der Waals surface area contributed by atoms with Gasteiger partial charge in [0.2, 0.25) is 0 Å². The largest absolute Gasteiger partial charge is 0.748 e. The maximum Gasteiger partial charge on any atom is 0.0712 e. The molecule has 0 spiro atoms. The van der Waals surface area contributed by atoms with E-state index in [2.05, 4.69) is 107 Å². The molecule has 4 rings (SSSR count). The molecule has 4 aromatic rings. The number of rotatable bonds is 5. The normalized spacial score (nSPS) is 11.9. The fourth-order valence-electron chi connectivity index (χ4n) is 4.24. The second-order valence-corrected chi connectivity index (χ2v) is 17.1. The van der Waals surface area contributed by atoms with Crippen molar-refractivity contribution in [1.82, 2.24) is 9.97 Å². The van der Waals surface area contributed by atoms with Crippen LogP contribution in [0.15, 0.2) is 85.2 Å². The van der Waals surface area contributed by atoms with Crippen LogP contribution in [0.3, 0.4) is 0 Å². The molecule has 0 fully saturated rings. The second-order valence-electron chi connectivity index (χ2n) is 10.8. The van der Waals surface area contributed by atoms with Crippen LogP contribution in [-0.2, 0) is 33.8 Å². The molecule has 2 aromatic carbocycles. The van der Waals surface area contributed by atoms with Crippen LogP contribution in [0.1, 0.15) is 48.8 Å². The van der Waals surface area contributed by atoms with E-state index in [1.807, 2.05) is 36.7 Å². The van der Waals surface area contributed by atoms with Gasteiger partial charge in [0.15, 0.2) is 0 Å². The van der Waals surface area contributed by atoms with Gasteiger partial charge in [-0.05, 0) is 24.3 Å². The first-order chi connectivity index (χ1) is 16.0. The summed E-state index contributed by atoms with van der Waals surface area (Å²) >= 11 is 0. The molecule has 0 aliphatic carbocycles. The van der Waals surface area contributed by atoms with Crippen LogP contribution >= 0.6 is 18.5 Å². The van der Waals surface area contributed by atoms with Crippen LogP contribution in [-0.4, -0.2) is 18.0 Å². The van der Waals surface area contributed by atoms with Gasteiger partial charge in [-0.3, -0.25) is 9.97 Å². The van der Waals surface area contributed by atoms with Crippen molar-refractivity contribution in [3.8, 4) is 0 Å². The summed E-state index contributed by atoms with van der Waals surface area (Å²) in [5.74, 6) is 0. The van der Waals surface area contributed by atoms with Gasteiger partial charge in [0.25, 0.3) is 0 Å². The van der Waals surface area contributed by atoms with Gasteiger partial charge in [0.05, 0.1) is 16.5 Å². The smallest absolute Gasteiger partial charge is 0.0712 e. The zero-order chi connectivity index (χ0) is 25.0. The molecule has 2 heterocycles. The Morgan fingerprint density at radius 2 is 1.40 bits per heavy atom. The minimum atomic E-state index is -0.981. The van der Waals surface area contributed by atoms with Gasteiger partial charge in [-0.1, -0.05) is 64.1 Å². The van der Waals surface area contributed by atoms with Gasteiger partial charge in [-0.25, -0.2) is 6.07 Å². The first-order valence-electron chi connectivity index (χ1n) is 11.8. The third-order valence-electron chi connectivity index (χ3n) is 6.13. The Morgan fingerprint density at radius 1 is 0.886 bits per heavy atom. The second kappa shape index (κ2) is 12.2. The molecule has 0 aliphatic heterocycles. The first kappa shape index (κ1) is 29.8. The van der Waals surface area contributed by atoms with Gasteiger partial charge in [0, 0.05) is 29.5 Å². The van der Waals surface area contributed by atoms with E-state index in [1.54, 1.807) is 5.19 Å². The van der Waals surface area contributed by atoms with E-state index in [4.69, 9.17) is 9.97 Å². The SMILES string of the molecule is CC(C)(C)[c-]1ccc(CP)c1C(P)(c1ccccn1)c1ccccn1.C[Si](C)(C)[c-]1[cH-][cH-][cH-][cH-]1.[Fe]. The molecule has 35 heavy (non-hydrogen) atoms. The Labute approximate surface area is 228 Å². The maximum absolute atomic E-state index is 4.71. The third-order valence-corrected chi connectivity index (χ3v) is 9.52. The van der Waals surface area contributed by atoms with E-state index in [0.717, 1.165) is 17.5 Å². The minimum absolute atomic E-state index is 0. The maximum atomic E-state index is 4.71. The fraction of sp³-hybridized carbons (Fsp3) is 0.310.